The molecular formula is C14H16FN3O. The number of benzene rings is 1. The van der Waals surface area contributed by atoms with E-state index in [4.69, 9.17) is 0 Å². The van der Waals surface area contributed by atoms with Crippen LogP contribution in [0.2, 0.25) is 0 Å². The molecule has 0 aliphatic rings. The van der Waals surface area contributed by atoms with Crippen molar-refractivity contribution in [1.82, 2.24) is 15.1 Å². The van der Waals surface area contributed by atoms with Gasteiger partial charge in [-0.2, -0.15) is 5.10 Å². The van der Waals surface area contributed by atoms with Crippen LogP contribution in [0, 0.1) is 12.7 Å². The number of hydrogen-bond acceptors (Lipinski definition) is 2. The SMILES string of the molecule is Cc1nn(C)cc1C(=O)NCCc1ccccc1F. The molecule has 0 unspecified atom stereocenters. The van der Waals surface area contributed by atoms with Gasteiger partial charge in [0.15, 0.2) is 0 Å². The van der Waals surface area contributed by atoms with Gasteiger partial charge in [0.2, 0.25) is 0 Å². The molecule has 0 aliphatic heterocycles. The topological polar surface area (TPSA) is 46.9 Å². The van der Waals surface area contributed by atoms with Gasteiger partial charge in [-0.15, -0.1) is 0 Å². The Balaban J connectivity index is 1.91. The van der Waals surface area contributed by atoms with Crippen LogP contribution in [-0.2, 0) is 13.5 Å². The zero-order valence-corrected chi connectivity index (χ0v) is 11.0. The van der Waals surface area contributed by atoms with Crippen molar-refractivity contribution < 1.29 is 9.18 Å². The summed E-state index contributed by atoms with van der Waals surface area (Å²) in [5.74, 6) is -0.420. The zero-order valence-electron chi connectivity index (χ0n) is 11.0. The van der Waals surface area contributed by atoms with Crippen LogP contribution in [0.1, 0.15) is 21.6 Å². The van der Waals surface area contributed by atoms with E-state index in [0.29, 0.717) is 29.8 Å². The van der Waals surface area contributed by atoms with Gasteiger partial charge in [-0.25, -0.2) is 4.39 Å². The van der Waals surface area contributed by atoms with Crippen molar-refractivity contribution in [2.75, 3.05) is 6.54 Å². The Labute approximate surface area is 111 Å². The maximum absolute atomic E-state index is 13.4. The minimum absolute atomic E-state index is 0.179. The first kappa shape index (κ1) is 13.3. The lowest BCUT2D eigenvalue weighted by Gasteiger charge is -2.05. The normalized spacial score (nSPS) is 10.5. The minimum atomic E-state index is -0.241. The number of nitrogens with one attached hydrogen (secondary N) is 1. The molecule has 2 rings (SSSR count). The lowest BCUT2D eigenvalue weighted by Crippen LogP contribution is -2.26. The van der Waals surface area contributed by atoms with E-state index in [-0.39, 0.29) is 11.7 Å². The lowest BCUT2D eigenvalue weighted by atomic mass is 10.1. The molecular weight excluding hydrogens is 245 g/mol. The summed E-state index contributed by atoms with van der Waals surface area (Å²) in [6.45, 7) is 2.18. The number of carbonyl (C=O) groups is 1. The van der Waals surface area contributed by atoms with Gasteiger partial charge in [0.25, 0.3) is 5.91 Å². The van der Waals surface area contributed by atoms with E-state index in [2.05, 4.69) is 10.4 Å². The molecule has 0 saturated carbocycles. The highest BCUT2D eigenvalue weighted by molar-refractivity contribution is 5.94. The molecule has 0 saturated heterocycles. The van der Waals surface area contributed by atoms with Crippen LogP contribution >= 0.6 is 0 Å². The highest BCUT2D eigenvalue weighted by atomic mass is 19.1. The fourth-order valence-corrected chi connectivity index (χ4v) is 1.93. The summed E-state index contributed by atoms with van der Waals surface area (Å²) in [5.41, 5.74) is 1.84. The van der Waals surface area contributed by atoms with Gasteiger partial charge in [0.05, 0.1) is 11.3 Å². The van der Waals surface area contributed by atoms with E-state index in [1.54, 1.807) is 43.0 Å². The molecule has 1 N–H and O–H groups in total. The Morgan fingerprint density at radius 2 is 2.16 bits per heavy atom. The first-order chi connectivity index (χ1) is 9.08. The second-order valence-electron chi connectivity index (χ2n) is 4.40. The molecule has 100 valence electrons. The summed E-state index contributed by atoms with van der Waals surface area (Å²) in [6, 6.07) is 6.57. The van der Waals surface area contributed by atoms with Gasteiger partial charge in [-0.05, 0) is 25.0 Å². The Bertz CT molecular complexity index is 592. The Morgan fingerprint density at radius 3 is 2.79 bits per heavy atom. The first-order valence-corrected chi connectivity index (χ1v) is 6.10. The molecule has 0 fully saturated rings. The van der Waals surface area contributed by atoms with Gasteiger partial charge < -0.3 is 5.32 Å². The number of aromatic nitrogens is 2. The lowest BCUT2D eigenvalue weighted by molar-refractivity contribution is 0.0953. The van der Waals surface area contributed by atoms with E-state index >= 15 is 0 Å². The van der Waals surface area contributed by atoms with Crippen LogP contribution < -0.4 is 5.32 Å². The van der Waals surface area contributed by atoms with E-state index in [1.807, 2.05) is 0 Å². The monoisotopic (exact) mass is 261 g/mol. The van der Waals surface area contributed by atoms with Crippen molar-refractivity contribution in [3.05, 3.63) is 53.1 Å². The average Bonchev–Trinajstić information content (AvgIpc) is 2.71. The number of nitrogens with zero attached hydrogens (tertiary/aromatic N) is 2. The summed E-state index contributed by atoms with van der Waals surface area (Å²) in [6.07, 6.45) is 2.14. The maximum Gasteiger partial charge on any atom is 0.254 e. The van der Waals surface area contributed by atoms with Gasteiger partial charge in [-0.1, -0.05) is 18.2 Å². The maximum atomic E-state index is 13.4. The second-order valence-corrected chi connectivity index (χ2v) is 4.40. The predicted octanol–water partition coefficient (Wildman–Crippen LogP) is 1.84. The molecule has 0 atom stereocenters. The van der Waals surface area contributed by atoms with E-state index < -0.39 is 0 Å². The summed E-state index contributed by atoms with van der Waals surface area (Å²) in [5, 5.41) is 6.88. The second kappa shape index (κ2) is 5.65. The van der Waals surface area contributed by atoms with Crippen molar-refractivity contribution in [2.24, 2.45) is 7.05 Å². The minimum Gasteiger partial charge on any atom is -0.352 e. The van der Waals surface area contributed by atoms with Crippen LogP contribution in [0.5, 0.6) is 0 Å². The fraction of sp³-hybridized carbons (Fsp3) is 0.286. The number of carbonyl (C=O) groups excluding carboxylic acids is 1. The molecule has 1 aromatic heterocycles. The van der Waals surface area contributed by atoms with Crippen molar-refractivity contribution in [3.63, 3.8) is 0 Å². The number of aryl methyl sites for hydroxylation is 2. The summed E-state index contributed by atoms with van der Waals surface area (Å²) >= 11 is 0. The van der Waals surface area contributed by atoms with Crippen molar-refractivity contribution in [2.45, 2.75) is 13.3 Å². The predicted molar refractivity (Wildman–Crippen MR) is 70.4 cm³/mol. The van der Waals surface area contributed by atoms with Gasteiger partial charge in [0.1, 0.15) is 5.82 Å². The molecule has 0 radical (unpaired) electrons. The Hall–Kier alpha value is -2.17. The molecule has 1 heterocycles. The molecule has 1 aromatic carbocycles. The molecule has 1 amide bonds. The van der Waals surface area contributed by atoms with Gasteiger partial charge in [-0.3, -0.25) is 9.48 Å². The number of amides is 1. The van der Waals surface area contributed by atoms with Gasteiger partial charge >= 0.3 is 0 Å². The van der Waals surface area contributed by atoms with Crippen LogP contribution in [0.3, 0.4) is 0 Å². The van der Waals surface area contributed by atoms with Crippen LogP contribution in [0.15, 0.2) is 30.5 Å². The molecule has 0 aliphatic carbocycles. The number of halogens is 1. The average molecular weight is 261 g/mol. The summed E-state index contributed by atoms with van der Waals surface area (Å²) in [7, 11) is 1.77. The molecule has 19 heavy (non-hydrogen) atoms. The molecule has 0 spiro atoms. The summed E-state index contributed by atoms with van der Waals surface area (Å²) < 4.78 is 15.0. The van der Waals surface area contributed by atoms with Crippen LogP contribution in [0.4, 0.5) is 4.39 Å². The number of rotatable bonds is 4. The fourth-order valence-electron chi connectivity index (χ4n) is 1.93. The van der Waals surface area contributed by atoms with Crippen LogP contribution in [0.25, 0.3) is 0 Å². The number of hydrogen-bond donors (Lipinski definition) is 1. The third-order valence-electron chi connectivity index (χ3n) is 2.90. The zero-order chi connectivity index (χ0) is 13.8. The molecule has 2 aromatic rings. The van der Waals surface area contributed by atoms with Crippen molar-refractivity contribution in [1.29, 1.82) is 0 Å². The molecule has 4 nitrogen and oxygen atoms in total. The van der Waals surface area contributed by atoms with Crippen LogP contribution in [-0.4, -0.2) is 22.2 Å². The third kappa shape index (κ3) is 3.19. The third-order valence-corrected chi connectivity index (χ3v) is 2.90. The Kier molecular flexibility index (Phi) is 3.94. The largest absolute Gasteiger partial charge is 0.352 e. The molecule has 5 heteroatoms. The highest BCUT2D eigenvalue weighted by Gasteiger charge is 2.11. The quantitative estimate of drug-likeness (QED) is 0.913. The van der Waals surface area contributed by atoms with E-state index in [0.717, 1.165) is 0 Å². The van der Waals surface area contributed by atoms with E-state index in [9.17, 15) is 9.18 Å². The van der Waals surface area contributed by atoms with Crippen molar-refractivity contribution in [3.8, 4) is 0 Å². The smallest absolute Gasteiger partial charge is 0.254 e. The van der Waals surface area contributed by atoms with Crippen molar-refractivity contribution >= 4 is 5.91 Å². The first-order valence-electron chi connectivity index (χ1n) is 6.10. The highest BCUT2D eigenvalue weighted by Crippen LogP contribution is 2.07. The summed E-state index contributed by atoms with van der Waals surface area (Å²) in [4.78, 5) is 11.9. The Morgan fingerprint density at radius 1 is 1.42 bits per heavy atom. The standard InChI is InChI=1S/C14H16FN3O/c1-10-12(9-18(2)17-10)14(19)16-8-7-11-5-3-4-6-13(11)15/h3-6,9H,7-8H2,1-2H3,(H,16,19). The van der Waals surface area contributed by atoms with E-state index in [1.165, 1.54) is 6.07 Å². The van der Waals surface area contributed by atoms with Gasteiger partial charge in [0, 0.05) is 19.8 Å². The molecule has 0 bridgehead atoms.